The minimum Gasteiger partial charge on any atom is -0.480 e. The molecular weight excluding hydrogens is 478 g/mol. The van der Waals surface area contributed by atoms with Gasteiger partial charge in [0.1, 0.15) is 6.04 Å². The average molecular weight is 522 g/mol. The molecule has 9 nitrogen and oxygen atoms in total. The fraction of sp³-hybridized carbons (Fsp3) is 0.643. The molecule has 0 saturated carbocycles. The topological polar surface area (TPSA) is 142 Å². The maximum absolute atomic E-state index is 12.7. The van der Waals surface area contributed by atoms with Gasteiger partial charge in [0.15, 0.2) is 11.5 Å². The second-order valence-corrected chi connectivity index (χ2v) is 11.9. The van der Waals surface area contributed by atoms with E-state index in [0.29, 0.717) is 12.0 Å². The van der Waals surface area contributed by atoms with Gasteiger partial charge in [-0.1, -0.05) is 61.5 Å². The first kappa shape index (κ1) is 32.1. The van der Waals surface area contributed by atoms with Gasteiger partial charge in [0.2, 0.25) is 0 Å². The van der Waals surface area contributed by atoms with E-state index in [1.165, 1.54) is 12.1 Å². The Labute approximate surface area is 220 Å². The molecule has 1 rings (SSSR count). The van der Waals surface area contributed by atoms with Gasteiger partial charge in [0.05, 0.1) is 19.4 Å². The van der Waals surface area contributed by atoms with E-state index in [1.807, 2.05) is 48.5 Å². The molecule has 0 aliphatic rings. The molecule has 0 aliphatic carbocycles. The fourth-order valence-electron chi connectivity index (χ4n) is 3.73. The van der Waals surface area contributed by atoms with Crippen molar-refractivity contribution in [1.29, 1.82) is 0 Å². The number of carboxylic acids is 1. The minimum atomic E-state index is -1.33. The van der Waals surface area contributed by atoms with E-state index < -0.39 is 35.8 Å². The first-order chi connectivity index (χ1) is 16.9. The van der Waals surface area contributed by atoms with Crippen LogP contribution in [0.5, 0.6) is 11.5 Å². The van der Waals surface area contributed by atoms with Crippen LogP contribution in [-0.4, -0.2) is 41.6 Å². The van der Waals surface area contributed by atoms with Gasteiger partial charge >= 0.3 is 23.9 Å². The summed E-state index contributed by atoms with van der Waals surface area (Å²) in [6, 6.07) is 3.19. The highest BCUT2D eigenvalue weighted by Gasteiger charge is 2.33. The summed E-state index contributed by atoms with van der Waals surface area (Å²) < 4.78 is 16.4. The third-order valence-electron chi connectivity index (χ3n) is 5.40. The SMILES string of the molecule is CCCC(=O)OCC(C)C(c1ccc(OC(=O)CC(C)(C)C)c(OC(=O)CC(C)(C)C)c1)[C@H](N)C(=O)O. The summed E-state index contributed by atoms with van der Waals surface area (Å²) in [4.78, 5) is 48.9. The van der Waals surface area contributed by atoms with E-state index in [0.717, 1.165) is 0 Å². The van der Waals surface area contributed by atoms with Crippen molar-refractivity contribution in [3.05, 3.63) is 23.8 Å². The highest BCUT2D eigenvalue weighted by atomic mass is 16.6. The highest BCUT2D eigenvalue weighted by molar-refractivity contribution is 5.78. The van der Waals surface area contributed by atoms with Crippen molar-refractivity contribution in [2.45, 2.75) is 93.0 Å². The van der Waals surface area contributed by atoms with E-state index in [9.17, 15) is 24.3 Å². The van der Waals surface area contributed by atoms with Crippen molar-refractivity contribution in [3.8, 4) is 11.5 Å². The Balaban J connectivity index is 3.41. The van der Waals surface area contributed by atoms with Crippen LogP contribution in [0.1, 0.15) is 92.6 Å². The zero-order valence-electron chi connectivity index (χ0n) is 23.4. The summed E-state index contributed by atoms with van der Waals surface area (Å²) in [5.41, 5.74) is 5.84. The van der Waals surface area contributed by atoms with Gasteiger partial charge in [-0.25, -0.2) is 0 Å². The Morgan fingerprint density at radius 3 is 1.86 bits per heavy atom. The average Bonchev–Trinajstić information content (AvgIpc) is 2.71. The number of aliphatic carboxylic acids is 1. The van der Waals surface area contributed by atoms with Crippen molar-refractivity contribution in [2.24, 2.45) is 22.5 Å². The normalized spacial score (nSPS) is 14.3. The number of esters is 3. The Bertz CT molecular complexity index is 958. The Kier molecular flexibility index (Phi) is 11.8. The Morgan fingerprint density at radius 1 is 0.892 bits per heavy atom. The number of benzene rings is 1. The molecule has 0 radical (unpaired) electrons. The van der Waals surface area contributed by atoms with Crippen molar-refractivity contribution in [2.75, 3.05) is 6.61 Å². The summed E-state index contributed by atoms with van der Waals surface area (Å²) in [6.07, 6.45) is 1.13. The molecule has 0 bridgehead atoms. The molecule has 0 heterocycles. The predicted octanol–water partition coefficient (Wildman–Crippen LogP) is 4.84. The van der Waals surface area contributed by atoms with Gasteiger partial charge in [-0.15, -0.1) is 0 Å². The lowest BCUT2D eigenvalue weighted by molar-refractivity contribution is -0.145. The highest BCUT2D eigenvalue weighted by Crippen LogP contribution is 2.37. The molecule has 0 fully saturated rings. The summed E-state index contributed by atoms with van der Waals surface area (Å²) >= 11 is 0. The maximum Gasteiger partial charge on any atom is 0.321 e. The molecule has 9 heteroatoms. The molecule has 3 atom stereocenters. The minimum absolute atomic E-state index is 0.00762. The summed E-state index contributed by atoms with van der Waals surface area (Å²) in [5, 5.41) is 9.66. The van der Waals surface area contributed by atoms with E-state index >= 15 is 0 Å². The van der Waals surface area contributed by atoms with Crippen LogP contribution >= 0.6 is 0 Å². The predicted molar refractivity (Wildman–Crippen MR) is 139 cm³/mol. The van der Waals surface area contributed by atoms with Crippen molar-refractivity contribution < 1.29 is 38.5 Å². The van der Waals surface area contributed by atoms with Crippen molar-refractivity contribution in [3.63, 3.8) is 0 Å². The summed E-state index contributed by atoms with van der Waals surface area (Å²) in [6.45, 7) is 14.9. The second-order valence-electron chi connectivity index (χ2n) is 11.9. The summed E-state index contributed by atoms with van der Waals surface area (Å²) in [7, 11) is 0. The van der Waals surface area contributed by atoms with Gasteiger partial charge in [0.25, 0.3) is 0 Å². The molecule has 1 aromatic carbocycles. The number of carboxylic acid groups (broad SMARTS) is 1. The van der Waals surface area contributed by atoms with Crippen LogP contribution in [0.2, 0.25) is 0 Å². The number of ether oxygens (including phenoxy) is 3. The van der Waals surface area contributed by atoms with Crippen LogP contribution in [-0.2, 0) is 23.9 Å². The quantitative estimate of drug-likeness (QED) is 0.292. The zero-order valence-corrected chi connectivity index (χ0v) is 23.4. The third-order valence-corrected chi connectivity index (χ3v) is 5.40. The number of carbonyl (C=O) groups is 4. The molecule has 208 valence electrons. The van der Waals surface area contributed by atoms with Crippen LogP contribution in [0.4, 0.5) is 0 Å². The van der Waals surface area contributed by atoms with Gasteiger partial charge in [-0.3, -0.25) is 19.2 Å². The van der Waals surface area contributed by atoms with E-state index in [4.69, 9.17) is 19.9 Å². The molecule has 0 spiro atoms. The van der Waals surface area contributed by atoms with Crippen LogP contribution in [0.15, 0.2) is 18.2 Å². The van der Waals surface area contributed by atoms with E-state index in [-0.39, 0.29) is 54.2 Å². The van der Waals surface area contributed by atoms with E-state index in [1.54, 1.807) is 13.0 Å². The number of rotatable bonds is 12. The lowest BCUT2D eigenvalue weighted by atomic mass is 9.82. The molecule has 1 aromatic rings. The molecule has 0 saturated heterocycles. The number of hydrogen-bond acceptors (Lipinski definition) is 8. The largest absolute Gasteiger partial charge is 0.480 e. The van der Waals surface area contributed by atoms with Crippen LogP contribution < -0.4 is 15.2 Å². The third kappa shape index (κ3) is 11.8. The molecule has 0 aromatic heterocycles. The second kappa shape index (κ2) is 13.6. The lowest BCUT2D eigenvalue weighted by Crippen LogP contribution is -2.40. The van der Waals surface area contributed by atoms with Gasteiger partial charge in [-0.2, -0.15) is 0 Å². The smallest absolute Gasteiger partial charge is 0.321 e. The van der Waals surface area contributed by atoms with Crippen molar-refractivity contribution in [1.82, 2.24) is 0 Å². The first-order valence-electron chi connectivity index (χ1n) is 12.6. The summed E-state index contributed by atoms with van der Waals surface area (Å²) in [5.74, 6) is -3.86. The van der Waals surface area contributed by atoms with Crippen molar-refractivity contribution >= 4 is 23.9 Å². The Morgan fingerprint density at radius 2 is 1.41 bits per heavy atom. The molecule has 2 unspecified atom stereocenters. The van der Waals surface area contributed by atoms with Crippen LogP contribution in [0.25, 0.3) is 0 Å². The fourth-order valence-corrected chi connectivity index (χ4v) is 3.73. The molecule has 37 heavy (non-hydrogen) atoms. The maximum atomic E-state index is 12.7. The Hall–Kier alpha value is -2.94. The molecule has 0 amide bonds. The van der Waals surface area contributed by atoms with E-state index in [2.05, 4.69) is 0 Å². The van der Waals surface area contributed by atoms with Crippen LogP contribution in [0.3, 0.4) is 0 Å². The lowest BCUT2D eigenvalue weighted by Gasteiger charge is -2.28. The van der Waals surface area contributed by atoms with Crippen LogP contribution in [0, 0.1) is 16.7 Å². The first-order valence-corrected chi connectivity index (χ1v) is 12.6. The standard InChI is InChI=1S/C28H43NO8/c1-9-10-21(30)35-16-17(2)24(25(29)26(33)34)18-11-12-19(36-22(31)14-27(3,4)5)20(13-18)37-23(32)15-28(6,7)8/h11-13,17,24-25H,9-10,14-16,29H2,1-8H3,(H,33,34)/t17?,24?,25-/m0/s1. The number of hydrogen-bond donors (Lipinski definition) is 2. The van der Waals surface area contributed by atoms with Gasteiger partial charge in [-0.05, 0) is 40.9 Å². The van der Waals surface area contributed by atoms with Gasteiger partial charge in [0, 0.05) is 12.3 Å². The molecule has 0 aliphatic heterocycles. The molecule has 3 N–H and O–H groups in total. The number of carbonyl (C=O) groups excluding carboxylic acids is 3. The zero-order chi connectivity index (χ0) is 28.6. The monoisotopic (exact) mass is 521 g/mol. The number of nitrogens with two attached hydrogens (primary N) is 1. The van der Waals surface area contributed by atoms with Gasteiger partial charge < -0.3 is 25.1 Å². The molecular formula is C28H43NO8.